The molecule has 0 spiro atoms. The summed E-state index contributed by atoms with van der Waals surface area (Å²) in [6.07, 6.45) is 6.28. The number of hydrogen-bond donors (Lipinski definition) is 1. The fraction of sp³-hybridized carbons (Fsp3) is 0.500. The number of rotatable bonds is 5. The van der Waals surface area contributed by atoms with E-state index in [1.165, 1.54) is 48.8 Å². The highest BCUT2D eigenvalue weighted by atomic mass is 32.2. The molecule has 0 saturated heterocycles. The smallest absolute Gasteiger partial charge is 0.258 e. The van der Waals surface area contributed by atoms with Crippen LogP contribution in [0.1, 0.15) is 42.9 Å². The molecule has 0 bridgehead atoms. The van der Waals surface area contributed by atoms with E-state index >= 15 is 0 Å². The zero-order chi connectivity index (χ0) is 16.5. The third-order valence-electron chi connectivity index (χ3n) is 4.45. The van der Waals surface area contributed by atoms with E-state index in [-0.39, 0.29) is 5.56 Å². The van der Waals surface area contributed by atoms with Gasteiger partial charge in [0, 0.05) is 29.3 Å². The zero-order valence-electron chi connectivity index (χ0n) is 13.5. The van der Waals surface area contributed by atoms with Gasteiger partial charge in [0.25, 0.3) is 5.56 Å². The van der Waals surface area contributed by atoms with E-state index in [1.54, 1.807) is 10.5 Å². The summed E-state index contributed by atoms with van der Waals surface area (Å²) in [6.45, 7) is 1.92. The maximum Gasteiger partial charge on any atom is 0.258 e. The van der Waals surface area contributed by atoms with Gasteiger partial charge in [-0.2, -0.15) is 0 Å². The lowest BCUT2D eigenvalue weighted by molar-refractivity contribution is 0.531. The quantitative estimate of drug-likeness (QED) is 0.706. The first-order valence-electron chi connectivity index (χ1n) is 8.20. The van der Waals surface area contributed by atoms with Crippen molar-refractivity contribution >= 4 is 28.1 Å². The summed E-state index contributed by atoms with van der Waals surface area (Å²) < 4.78 is 1.64. The van der Waals surface area contributed by atoms with Crippen LogP contribution < -0.4 is 5.56 Å². The van der Waals surface area contributed by atoms with Crippen LogP contribution in [0.3, 0.4) is 0 Å². The molecule has 1 N–H and O–H groups in total. The summed E-state index contributed by atoms with van der Waals surface area (Å²) in [5.74, 6) is 2.33. The van der Waals surface area contributed by atoms with E-state index in [9.17, 15) is 4.79 Å². The second-order valence-corrected chi connectivity index (χ2v) is 8.07. The normalized spacial score (nSPS) is 15.5. The minimum absolute atomic E-state index is 0.0220. The Morgan fingerprint density at radius 3 is 3.04 bits per heavy atom. The minimum atomic E-state index is -0.0220. The number of aromatic nitrogens is 5. The van der Waals surface area contributed by atoms with Gasteiger partial charge in [0.1, 0.15) is 5.82 Å². The van der Waals surface area contributed by atoms with Crippen LogP contribution in [0.4, 0.5) is 0 Å². The summed E-state index contributed by atoms with van der Waals surface area (Å²) in [4.78, 5) is 22.0. The number of hydrogen-bond acceptors (Lipinski definition) is 6. The van der Waals surface area contributed by atoms with Gasteiger partial charge in [0.2, 0.25) is 5.16 Å². The molecule has 0 aliphatic heterocycles. The van der Waals surface area contributed by atoms with Gasteiger partial charge in [-0.05, 0) is 12.8 Å². The van der Waals surface area contributed by atoms with E-state index in [1.807, 2.05) is 12.3 Å². The third kappa shape index (κ3) is 3.25. The fourth-order valence-corrected chi connectivity index (χ4v) is 4.84. The lowest BCUT2D eigenvalue weighted by Gasteiger charge is -2.04. The molecule has 3 aromatic heterocycles. The lowest BCUT2D eigenvalue weighted by Crippen LogP contribution is -2.14. The van der Waals surface area contributed by atoms with Crippen LogP contribution in [0.15, 0.2) is 21.4 Å². The predicted octanol–water partition coefficient (Wildman–Crippen LogP) is 3.21. The molecule has 3 aromatic rings. The number of thioether (sulfide) groups is 1. The molecule has 0 aromatic carbocycles. The molecule has 1 saturated carbocycles. The van der Waals surface area contributed by atoms with Crippen molar-refractivity contribution in [1.82, 2.24) is 24.6 Å². The van der Waals surface area contributed by atoms with Crippen LogP contribution in [0.2, 0.25) is 0 Å². The first kappa shape index (κ1) is 15.8. The van der Waals surface area contributed by atoms with Gasteiger partial charge in [-0.3, -0.25) is 14.3 Å². The summed E-state index contributed by atoms with van der Waals surface area (Å²) >= 11 is 3.01. The molecular weight excluding hydrogens is 342 g/mol. The molecule has 0 unspecified atom stereocenters. The van der Waals surface area contributed by atoms with E-state index in [0.29, 0.717) is 5.75 Å². The summed E-state index contributed by atoms with van der Waals surface area (Å²) in [7, 11) is 0. The largest absolute Gasteiger partial charge is 0.269 e. The Morgan fingerprint density at radius 2 is 2.21 bits per heavy atom. The molecule has 3 heterocycles. The van der Waals surface area contributed by atoms with E-state index < -0.39 is 0 Å². The lowest BCUT2D eigenvalue weighted by atomic mass is 10.0. The first-order chi connectivity index (χ1) is 11.7. The Kier molecular flexibility index (Phi) is 4.41. The Balaban J connectivity index is 1.43. The van der Waals surface area contributed by atoms with Gasteiger partial charge < -0.3 is 0 Å². The number of nitrogens with one attached hydrogen (secondary N) is 1. The van der Waals surface area contributed by atoms with Crippen LogP contribution >= 0.6 is 23.1 Å². The molecule has 24 heavy (non-hydrogen) atoms. The molecule has 1 aliphatic rings. The van der Waals surface area contributed by atoms with Crippen LogP contribution in [0, 0.1) is 12.8 Å². The van der Waals surface area contributed by atoms with Crippen molar-refractivity contribution in [1.29, 1.82) is 0 Å². The maximum absolute atomic E-state index is 12.2. The minimum Gasteiger partial charge on any atom is -0.269 e. The van der Waals surface area contributed by atoms with Gasteiger partial charge in [-0.1, -0.05) is 37.4 Å². The van der Waals surface area contributed by atoms with Gasteiger partial charge >= 0.3 is 0 Å². The number of fused-ring (bicyclic) bond motifs is 1. The van der Waals surface area contributed by atoms with Gasteiger partial charge in [0.15, 0.2) is 4.96 Å². The molecule has 1 fully saturated rings. The second kappa shape index (κ2) is 6.68. The average molecular weight is 361 g/mol. The Morgan fingerprint density at radius 1 is 1.38 bits per heavy atom. The molecule has 6 nitrogen and oxygen atoms in total. The summed E-state index contributed by atoms with van der Waals surface area (Å²) in [5, 5.41) is 10.0. The Bertz CT molecular complexity index is 907. The van der Waals surface area contributed by atoms with Crippen molar-refractivity contribution in [2.24, 2.45) is 5.92 Å². The van der Waals surface area contributed by atoms with Crippen LogP contribution in [0.5, 0.6) is 0 Å². The van der Waals surface area contributed by atoms with Gasteiger partial charge in [-0.15, -0.1) is 16.4 Å². The van der Waals surface area contributed by atoms with Crippen molar-refractivity contribution in [3.05, 3.63) is 39.0 Å². The fourth-order valence-electron chi connectivity index (χ4n) is 3.23. The molecular formula is C16H19N5OS2. The number of aryl methyl sites for hydroxylation is 1. The van der Waals surface area contributed by atoms with Crippen molar-refractivity contribution in [2.75, 3.05) is 0 Å². The highest BCUT2D eigenvalue weighted by Crippen LogP contribution is 2.27. The van der Waals surface area contributed by atoms with E-state index in [2.05, 4.69) is 20.2 Å². The maximum atomic E-state index is 12.2. The van der Waals surface area contributed by atoms with Crippen molar-refractivity contribution in [3.8, 4) is 0 Å². The Labute approximate surface area is 147 Å². The van der Waals surface area contributed by atoms with Crippen LogP contribution in [-0.4, -0.2) is 24.6 Å². The number of aromatic amines is 1. The third-order valence-corrected chi connectivity index (χ3v) is 6.27. The van der Waals surface area contributed by atoms with Gasteiger partial charge in [0.05, 0.1) is 5.69 Å². The van der Waals surface area contributed by atoms with Crippen molar-refractivity contribution in [3.63, 3.8) is 0 Å². The van der Waals surface area contributed by atoms with Crippen LogP contribution in [0.25, 0.3) is 4.96 Å². The highest BCUT2D eigenvalue weighted by Gasteiger charge is 2.17. The van der Waals surface area contributed by atoms with Crippen LogP contribution in [-0.2, 0) is 12.2 Å². The number of H-pyrrole nitrogens is 1. The number of nitrogens with zero attached hydrogens (tertiary/aromatic N) is 4. The average Bonchev–Trinajstić information content (AvgIpc) is 3.28. The summed E-state index contributed by atoms with van der Waals surface area (Å²) in [6, 6.07) is 1.60. The van der Waals surface area contributed by atoms with Crippen molar-refractivity contribution < 1.29 is 0 Å². The van der Waals surface area contributed by atoms with Gasteiger partial charge in [-0.25, -0.2) is 9.97 Å². The molecule has 0 atom stereocenters. The molecule has 8 heteroatoms. The highest BCUT2D eigenvalue weighted by molar-refractivity contribution is 7.98. The first-order valence-corrected chi connectivity index (χ1v) is 10.1. The monoisotopic (exact) mass is 361 g/mol. The molecule has 1 aliphatic carbocycles. The predicted molar refractivity (Wildman–Crippen MR) is 95.7 cm³/mol. The Hall–Kier alpha value is -1.67. The molecule has 126 valence electrons. The van der Waals surface area contributed by atoms with E-state index in [4.69, 9.17) is 0 Å². The molecule has 4 rings (SSSR count). The SMILES string of the molecule is Cc1csc2nc(CSc3n[nH]c(CC4CCCC4)n3)cc(=O)n12. The second-order valence-electron chi connectivity index (χ2n) is 6.29. The van der Waals surface area contributed by atoms with E-state index in [0.717, 1.165) is 39.7 Å². The standard InChI is InChI=1S/C16H19N5OS2/c1-10-8-24-16-17-12(7-14(22)21(10)16)9-23-15-18-13(19-20-15)6-11-4-2-3-5-11/h7-8,11H,2-6,9H2,1H3,(H,18,19,20). The topological polar surface area (TPSA) is 75.9 Å². The molecule has 0 radical (unpaired) electrons. The summed E-state index contributed by atoms with van der Waals surface area (Å²) in [5.41, 5.74) is 1.68. The van der Waals surface area contributed by atoms with Crippen molar-refractivity contribution in [2.45, 2.75) is 49.9 Å². The molecule has 0 amide bonds. The zero-order valence-corrected chi connectivity index (χ0v) is 15.1. The number of thiazole rings is 1.